The molecule has 15 heavy (non-hydrogen) atoms. The van der Waals surface area contributed by atoms with Crippen molar-refractivity contribution in [3.8, 4) is 0 Å². The van der Waals surface area contributed by atoms with Gasteiger partial charge < -0.3 is 0 Å². The molecule has 0 spiro atoms. The van der Waals surface area contributed by atoms with Crippen LogP contribution in [0.4, 0.5) is 0 Å². The number of nitrogens with zero attached hydrogens (tertiary/aromatic N) is 1. The van der Waals surface area contributed by atoms with E-state index >= 15 is 0 Å². The Morgan fingerprint density at radius 1 is 1.47 bits per heavy atom. The molecule has 0 saturated heterocycles. The van der Waals surface area contributed by atoms with E-state index in [2.05, 4.69) is 4.98 Å². The zero-order valence-electron chi connectivity index (χ0n) is 8.49. The molecule has 0 radical (unpaired) electrons. The largest absolute Gasteiger partial charge is 0.294 e. The van der Waals surface area contributed by atoms with E-state index in [1.54, 1.807) is 11.3 Å². The second-order valence-electron chi connectivity index (χ2n) is 4.05. The lowest BCUT2D eigenvalue weighted by molar-refractivity contribution is 0.0968. The molecule has 1 aliphatic carbocycles. The maximum Gasteiger partial charge on any atom is 0.165 e. The Kier molecular flexibility index (Phi) is 1.89. The van der Waals surface area contributed by atoms with Crippen LogP contribution in [0.5, 0.6) is 0 Å². The van der Waals surface area contributed by atoms with Gasteiger partial charge in [0.15, 0.2) is 5.78 Å². The summed E-state index contributed by atoms with van der Waals surface area (Å²) in [5, 5.41) is 1.06. The van der Waals surface area contributed by atoms with Crippen LogP contribution in [0.1, 0.15) is 28.2 Å². The van der Waals surface area contributed by atoms with E-state index in [9.17, 15) is 4.79 Å². The number of rotatable bonds is 2. The normalized spacial score (nSPS) is 15.8. The SMILES string of the molecule is Cc1nc2ccc(C(=O)C3CC3)cc2s1. The predicted molar refractivity (Wildman–Crippen MR) is 61.4 cm³/mol. The molecule has 2 aromatic rings. The van der Waals surface area contributed by atoms with Gasteiger partial charge in [-0.15, -0.1) is 11.3 Å². The molecule has 0 amide bonds. The molecule has 0 atom stereocenters. The average molecular weight is 217 g/mol. The molecule has 3 rings (SSSR count). The molecule has 1 aromatic heterocycles. The van der Waals surface area contributed by atoms with Gasteiger partial charge in [0.25, 0.3) is 0 Å². The Labute approximate surface area is 92.0 Å². The van der Waals surface area contributed by atoms with Crippen molar-refractivity contribution < 1.29 is 4.79 Å². The number of Topliss-reactive ketones (excluding diaryl/α,β-unsaturated/α-hetero) is 1. The van der Waals surface area contributed by atoms with Crippen LogP contribution in [0.15, 0.2) is 18.2 Å². The molecule has 1 saturated carbocycles. The van der Waals surface area contributed by atoms with Gasteiger partial charge in [-0.3, -0.25) is 4.79 Å². The van der Waals surface area contributed by atoms with E-state index in [-0.39, 0.29) is 0 Å². The number of hydrogen-bond acceptors (Lipinski definition) is 3. The lowest BCUT2D eigenvalue weighted by Crippen LogP contribution is -2.00. The third-order valence-corrected chi connectivity index (χ3v) is 3.66. The lowest BCUT2D eigenvalue weighted by atomic mass is 10.1. The number of hydrogen-bond donors (Lipinski definition) is 0. The number of ketones is 1. The molecule has 0 N–H and O–H groups in total. The summed E-state index contributed by atoms with van der Waals surface area (Å²) in [6, 6.07) is 5.84. The summed E-state index contributed by atoms with van der Waals surface area (Å²) >= 11 is 1.65. The van der Waals surface area contributed by atoms with Gasteiger partial charge in [-0.25, -0.2) is 4.98 Å². The van der Waals surface area contributed by atoms with E-state index in [1.165, 1.54) is 0 Å². The minimum absolute atomic E-state index is 0.302. The van der Waals surface area contributed by atoms with Crippen molar-refractivity contribution in [2.24, 2.45) is 5.92 Å². The maximum absolute atomic E-state index is 11.8. The van der Waals surface area contributed by atoms with Gasteiger partial charge >= 0.3 is 0 Å². The van der Waals surface area contributed by atoms with Crippen molar-refractivity contribution in [1.29, 1.82) is 0 Å². The van der Waals surface area contributed by atoms with Crippen molar-refractivity contribution in [3.05, 3.63) is 28.8 Å². The Morgan fingerprint density at radius 2 is 2.27 bits per heavy atom. The standard InChI is InChI=1S/C12H11NOS/c1-7-13-10-5-4-9(6-11(10)15-7)12(14)8-2-3-8/h4-6,8H,2-3H2,1H3. The first-order valence-corrected chi connectivity index (χ1v) is 5.97. The fourth-order valence-corrected chi connectivity index (χ4v) is 2.64. The van der Waals surface area contributed by atoms with Crippen LogP contribution in [-0.2, 0) is 0 Å². The molecule has 1 fully saturated rings. The van der Waals surface area contributed by atoms with Gasteiger partial charge in [0.05, 0.1) is 15.2 Å². The van der Waals surface area contributed by atoms with E-state index < -0.39 is 0 Å². The van der Waals surface area contributed by atoms with Crippen molar-refractivity contribution in [2.75, 3.05) is 0 Å². The van der Waals surface area contributed by atoms with Crippen LogP contribution in [0, 0.1) is 12.8 Å². The molecular weight excluding hydrogens is 206 g/mol. The molecule has 0 unspecified atom stereocenters. The van der Waals surface area contributed by atoms with E-state index in [0.29, 0.717) is 11.7 Å². The summed E-state index contributed by atoms with van der Waals surface area (Å²) in [6.07, 6.45) is 2.14. The topological polar surface area (TPSA) is 30.0 Å². The van der Waals surface area contributed by atoms with Crippen LogP contribution in [-0.4, -0.2) is 10.8 Å². The second kappa shape index (κ2) is 3.14. The highest BCUT2D eigenvalue weighted by atomic mass is 32.1. The van der Waals surface area contributed by atoms with Gasteiger partial charge in [0.1, 0.15) is 0 Å². The molecule has 1 aliphatic rings. The molecule has 0 aliphatic heterocycles. The molecule has 1 aromatic carbocycles. The van der Waals surface area contributed by atoms with Crippen LogP contribution in [0.25, 0.3) is 10.2 Å². The second-order valence-corrected chi connectivity index (χ2v) is 5.29. The van der Waals surface area contributed by atoms with E-state index in [4.69, 9.17) is 0 Å². The van der Waals surface area contributed by atoms with Crippen LogP contribution in [0.2, 0.25) is 0 Å². The van der Waals surface area contributed by atoms with Crippen LogP contribution < -0.4 is 0 Å². The Balaban J connectivity index is 2.08. The summed E-state index contributed by atoms with van der Waals surface area (Å²) in [4.78, 5) is 16.2. The Bertz CT molecular complexity index is 540. The first-order chi connectivity index (χ1) is 7.24. The fraction of sp³-hybridized carbons (Fsp3) is 0.333. The number of thiazole rings is 1. The summed E-state index contributed by atoms with van der Waals surface area (Å²) in [7, 11) is 0. The molecule has 1 heterocycles. The minimum Gasteiger partial charge on any atom is -0.294 e. The number of carbonyl (C=O) groups excluding carboxylic acids is 1. The molecule has 0 bridgehead atoms. The van der Waals surface area contributed by atoms with Gasteiger partial charge in [-0.05, 0) is 38.0 Å². The van der Waals surface area contributed by atoms with E-state index in [0.717, 1.165) is 33.6 Å². The zero-order valence-corrected chi connectivity index (χ0v) is 9.30. The molecular formula is C12H11NOS. The monoisotopic (exact) mass is 217 g/mol. The molecule has 2 nitrogen and oxygen atoms in total. The number of aryl methyl sites for hydroxylation is 1. The highest BCUT2D eigenvalue weighted by Crippen LogP contribution is 2.33. The number of fused-ring (bicyclic) bond motifs is 1. The van der Waals surface area contributed by atoms with E-state index in [1.807, 2.05) is 25.1 Å². The third-order valence-electron chi connectivity index (χ3n) is 2.73. The summed E-state index contributed by atoms with van der Waals surface area (Å²) in [5.74, 6) is 0.611. The minimum atomic E-state index is 0.302. The Morgan fingerprint density at radius 3 is 3.00 bits per heavy atom. The Hall–Kier alpha value is -1.22. The maximum atomic E-state index is 11.8. The average Bonchev–Trinajstić information content (AvgIpc) is 2.98. The smallest absolute Gasteiger partial charge is 0.165 e. The summed E-state index contributed by atoms with van der Waals surface area (Å²) < 4.78 is 1.12. The first kappa shape index (κ1) is 9.04. The quantitative estimate of drug-likeness (QED) is 0.723. The highest BCUT2D eigenvalue weighted by molar-refractivity contribution is 7.18. The van der Waals surface area contributed by atoms with Crippen molar-refractivity contribution in [2.45, 2.75) is 19.8 Å². The van der Waals surface area contributed by atoms with Gasteiger partial charge in [0, 0.05) is 11.5 Å². The van der Waals surface area contributed by atoms with Gasteiger partial charge in [-0.2, -0.15) is 0 Å². The fourth-order valence-electron chi connectivity index (χ4n) is 1.77. The summed E-state index contributed by atoms with van der Waals surface area (Å²) in [5.41, 5.74) is 1.86. The first-order valence-electron chi connectivity index (χ1n) is 5.15. The number of benzene rings is 1. The predicted octanol–water partition coefficient (Wildman–Crippen LogP) is 3.20. The highest BCUT2D eigenvalue weighted by Gasteiger charge is 2.30. The molecule has 76 valence electrons. The third kappa shape index (κ3) is 1.57. The van der Waals surface area contributed by atoms with Crippen molar-refractivity contribution >= 4 is 27.3 Å². The lowest BCUT2D eigenvalue weighted by Gasteiger charge is -1.97. The zero-order chi connectivity index (χ0) is 10.4. The van der Waals surface area contributed by atoms with Crippen LogP contribution in [0.3, 0.4) is 0 Å². The number of carbonyl (C=O) groups is 1. The van der Waals surface area contributed by atoms with Gasteiger partial charge in [-0.1, -0.05) is 0 Å². The van der Waals surface area contributed by atoms with Crippen molar-refractivity contribution in [1.82, 2.24) is 4.98 Å². The van der Waals surface area contributed by atoms with Crippen LogP contribution >= 0.6 is 11.3 Å². The van der Waals surface area contributed by atoms with Crippen molar-refractivity contribution in [3.63, 3.8) is 0 Å². The molecule has 3 heteroatoms. The number of aromatic nitrogens is 1. The van der Waals surface area contributed by atoms with Gasteiger partial charge in [0.2, 0.25) is 0 Å². The summed E-state index contributed by atoms with van der Waals surface area (Å²) in [6.45, 7) is 1.99.